The molecule has 6 rings (SSSR count). The summed E-state index contributed by atoms with van der Waals surface area (Å²) in [4.78, 5) is 31.3. The average Bonchev–Trinajstić information content (AvgIpc) is 3.64. The standard InChI is InChI=1S/C30H20N4O4S3/c35-25(28-32-23-18-10-11-19-24(23)39-28)26(41(37,38)22-16-8-3-9-17-22)30-34(21-14-6-2-7-15-21)33-29(40-30)27(36)31-20-12-4-1-5-13-20/h1-19H,(H,31,36)/b30-26+. The number of nitrogens with zero attached hydrogens (tertiary/aromatic N) is 3. The van der Waals surface area contributed by atoms with Gasteiger partial charge >= 0.3 is 0 Å². The Balaban J connectivity index is 1.53. The summed E-state index contributed by atoms with van der Waals surface area (Å²) in [5.41, 5.74) is 1.61. The van der Waals surface area contributed by atoms with Gasteiger partial charge in [0.05, 0.1) is 20.8 Å². The Morgan fingerprint density at radius 1 is 0.756 bits per heavy atom. The number of hydrogen-bond donors (Lipinski definition) is 1. The molecule has 5 aromatic rings. The minimum absolute atomic E-state index is 0.0116. The maximum Gasteiger partial charge on any atom is 0.283 e. The van der Waals surface area contributed by atoms with Crippen LogP contribution in [0.15, 0.2) is 135 Å². The van der Waals surface area contributed by atoms with Gasteiger partial charge in [0.1, 0.15) is 5.03 Å². The number of allylic oxidation sites excluding steroid dienone is 1. The SMILES string of the molecule is O=C(Nc1ccccc1)C1=NN(c2ccccc2)/C(=C(/C(=O)c2nc3ccccc3s2)S(=O)(=O)c2ccccc2)S1. The Bertz CT molecular complexity index is 1910. The number of hydrazone groups is 1. The first-order chi connectivity index (χ1) is 19.9. The van der Waals surface area contributed by atoms with Crippen molar-refractivity contribution in [2.45, 2.75) is 4.90 Å². The molecule has 0 radical (unpaired) electrons. The molecule has 1 amide bonds. The molecule has 1 N–H and O–H groups in total. The maximum absolute atomic E-state index is 14.2. The lowest BCUT2D eigenvalue weighted by Crippen LogP contribution is -2.21. The number of Topliss-reactive ketones (excluding diaryl/α,β-unsaturated/α-hetero) is 1. The highest BCUT2D eigenvalue weighted by Crippen LogP contribution is 2.41. The van der Waals surface area contributed by atoms with Gasteiger partial charge in [-0.3, -0.25) is 9.59 Å². The van der Waals surface area contributed by atoms with Gasteiger partial charge in [0.15, 0.2) is 15.0 Å². The number of benzene rings is 4. The van der Waals surface area contributed by atoms with Crippen LogP contribution in [0.1, 0.15) is 9.80 Å². The third-order valence-corrected chi connectivity index (χ3v) is 10.0. The fourth-order valence-corrected chi connectivity index (χ4v) is 7.80. The smallest absolute Gasteiger partial charge is 0.283 e. The summed E-state index contributed by atoms with van der Waals surface area (Å²) in [5.74, 6) is -1.32. The van der Waals surface area contributed by atoms with Gasteiger partial charge in [-0.05, 0) is 60.3 Å². The highest BCUT2D eigenvalue weighted by molar-refractivity contribution is 8.19. The van der Waals surface area contributed by atoms with Gasteiger partial charge in [0.2, 0.25) is 15.6 Å². The first-order valence-corrected chi connectivity index (χ1v) is 15.5. The van der Waals surface area contributed by atoms with Crippen molar-refractivity contribution in [2.24, 2.45) is 5.10 Å². The minimum atomic E-state index is -4.39. The van der Waals surface area contributed by atoms with Crippen LogP contribution in [0.3, 0.4) is 0 Å². The third-order valence-electron chi connectivity index (χ3n) is 6.01. The normalized spacial score (nSPS) is 14.5. The van der Waals surface area contributed by atoms with Crippen LogP contribution in [0.5, 0.6) is 0 Å². The number of carbonyl (C=O) groups is 2. The Morgan fingerprint density at radius 2 is 1.37 bits per heavy atom. The van der Waals surface area contributed by atoms with Crippen LogP contribution in [0.25, 0.3) is 10.2 Å². The second kappa shape index (κ2) is 11.1. The molecule has 1 aliphatic heterocycles. The number of hydrogen-bond acceptors (Lipinski definition) is 9. The molecule has 0 atom stereocenters. The average molecular weight is 597 g/mol. The van der Waals surface area contributed by atoms with Gasteiger partial charge in [-0.1, -0.05) is 66.7 Å². The Kier molecular flexibility index (Phi) is 7.23. The van der Waals surface area contributed by atoms with Crippen LogP contribution < -0.4 is 10.3 Å². The van der Waals surface area contributed by atoms with Crippen molar-refractivity contribution >= 4 is 71.3 Å². The Morgan fingerprint density at radius 3 is 2.05 bits per heavy atom. The van der Waals surface area contributed by atoms with Crippen LogP contribution in [0.4, 0.5) is 11.4 Å². The molecule has 4 aromatic carbocycles. The number of thiazole rings is 1. The monoisotopic (exact) mass is 596 g/mol. The van der Waals surface area contributed by atoms with E-state index >= 15 is 0 Å². The summed E-state index contributed by atoms with van der Waals surface area (Å²) in [7, 11) is -4.39. The zero-order chi connectivity index (χ0) is 28.4. The number of sulfone groups is 1. The van der Waals surface area contributed by atoms with Crippen molar-refractivity contribution in [1.82, 2.24) is 4.98 Å². The van der Waals surface area contributed by atoms with E-state index in [-0.39, 0.29) is 20.0 Å². The number of ketones is 1. The fraction of sp³-hybridized carbons (Fsp3) is 0. The van der Waals surface area contributed by atoms with Gasteiger partial charge < -0.3 is 5.32 Å². The number of amides is 1. The molecule has 1 aliphatic rings. The number of anilines is 2. The first kappa shape index (κ1) is 26.6. The minimum Gasteiger partial charge on any atom is -0.320 e. The van der Waals surface area contributed by atoms with E-state index in [9.17, 15) is 18.0 Å². The molecular formula is C30H20N4O4S3. The molecule has 0 spiro atoms. The Hall–Kier alpha value is -4.58. The summed E-state index contributed by atoms with van der Waals surface area (Å²) in [6, 6.07) is 32.5. The molecule has 0 fully saturated rings. The van der Waals surface area contributed by atoms with E-state index in [1.807, 2.05) is 18.2 Å². The number of para-hydroxylation sites is 3. The van der Waals surface area contributed by atoms with Crippen LogP contribution in [-0.4, -0.2) is 30.1 Å². The number of nitrogens with one attached hydrogen (secondary N) is 1. The number of rotatable bonds is 7. The number of aromatic nitrogens is 1. The summed E-state index contributed by atoms with van der Waals surface area (Å²) in [6.07, 6.45) is 0. The molecule has 41 heavy (non-hydrogen) atoms. The highest BCUT2D eigenvalue weighted by Gasteiger charge is 2.40. The van der Waals surface area contributed by atoms with E-state index < -0.39 is 26.4 Å². The van der Waals surface area contributed by atoms with E-state index in [0.29, 0.717) is 16.9 Å². The molecule has 0 saturated heterocycles. The number of carbonyl (C=O) groups excluding carboxylic acids is 2. The largest absolute Gasteiger partial charge is 0.320 e. The lowest BCUT2D eigenvalue weighted by molar-refractivity contribution is -0.110. The van der Waals surface area contributed by atoms with Gasteiger partial charge in [-0.2, -0.15) is 5.10 Å². The van der Waals surface area contributed by atoms with Crippen molar-refractivity contribution < 1.29 is 18.0 Å². The van der Waals surface area contributed by atoms with Crippen molar-refractivity contribution in [3.63, 3.8) is 0 Å². The maximum atomic E-state index is 14.2. The number of fused-ring (bicyclic) bond motifs is 1. The third kappa shape index (κ3) is 5.30. The zero-order valence-electron chi connectivity index (χ0n) is 21.2. The van der Waals surface area contributed by atoms with Crippen LogP contribution in [-0.2, 0) is 14.6 Å². The van der Waals surface area contributed by atoms with Crippen LogP contribution in [0.2, 0.25) is 0 Å². The summed E-state index contributed by atoms with van der Waals surface area (Å²) in [6.45, 7) is 0. The zero-order valence-corrected chi connectivity index (χ0v) is 23.6. The van der Waals surface area contributed by atoms with Crippen LogP contribution >= 0.6 is 23.1 Å². The van der Waals surface area contributed by atoms with Gasteiger partial charge in [-0.15, -0.1) is 11.3 Å². The molecule has 0 unspecified atom stereocenters. The second-order valence-electron chi connectivity index (χ2n) is 8.74. The molecular weight excluding hydrogens is 577 g/mol. The molecule has 1 aromatic heterocycles. The molecule has 0 bridgehead atoms. The molecule has 11 heteroatoms. The molecule has 202 valence electrons. The fourth-order valence-electron chi connectivity index (χ4n) is 4.09. The van der Waals surface area contributed by atoms with Crippen molar-refractivity contribution in [3.8, 4) is 0 Å². The van der Waals surface area contributed by atoms with Gasteiger partial charge in [0.25, 0.3) is 5.91 Å². The topological polar surface area (TPSA) is 109 Å². The van der Waals surface area contributed by atoms with Crippen molar-refractivity contribution in [3.05, 3.63) is 130 Å². The molecule has 8 nitrogen and oxygen atoms in total. The van der Waals surface area contributed by atoms with E-state index in [0.717, 1.165) is 27.8 Å². The predicted molar refractivity (Wildman–Crippen MR) is 164 cm³/mol. The van der Waals surface area contributed by atoms with Gasteiger partial charge in [-0.25, -0.2) is 18.4 Å². The van der Waals surface area contributed by atoms with Crippen LogP contribution in [0, 0.1) is 0 Å². The molecule has 0 saturated carbocycles. The van der Waals surface area contributed by atoms with E-state index in [1.165, 1.54) is 17.1 Å². The second-order valence-corrected chi connectivity index (χ2v) is 12.6. The lowest BCUT2D eigenvalue weighted by atomic mass is 10.3. The molecule has 2 heterocycles. The summed E-state index contributed by atoms with van der Waals surface area (Å²) < 4.78 is 29.1. The van der Waals surface area contributed by atoms with Crippen molar-refractivity contribution in [2.75, 3.05) is 10.3 Å². The number of thioether (sulfide) groups is 1. The van der Waals surface area contributed by atoms with Crippen molar-refractivity contribution in [1.29, 1.82) is 0 Å². The Labute approximate surface area is 244 Å². The predicted octanol–water partition coefficient (Wildman–Crippen LogP) is 6.33. The summed E-state index contributed by atoms with van der Waals surface area (Å²) >= 11 is 1.93. The molecule has 0 aliphatic carbocycles. The highest BCUT2D eigenvalue weighted by atomic mass is 32.2. The summed E-state index contributed by atoms with van der Waals surface area (Å²) in [5, 5.41) is 8.58. The first-order valence-electron chi connectivity index (χ1n) is 12.3. The quantitative estimate of drug-likeness (QED) is 0.173. The van der Waals surface area contributed by atoms with E-state index in [1.54, 1.807) is 84.9 Å². The van der Waals surface area contributed by atoms with E-state index in [2.05, 4.69) is 15.4 Å². The lowest BCUT2D eigenvalue weighted by Gasteiger charge is -2.18. The van der Waals surface area contributed by atoms with Gasteiger partial charge in [0, 0.05) is 5.69 Å². The van der Waals surface area contributed by atoms with E-state index in [4.69, 9.17) is 0 Å².